The van der Waals surface area contributed by atoms with Gasteiger partial charge in [0.05, 0.1) is 12.2 Å². The van der Waals surface area contributed by atoms with Crippen molar-refractivity contribution in [2.24, 2.45) is 0 Å². The third-order valence-corrected chi connectivity index (χ3v) is 3.96. The number of aromatic nitrogens is 3. The van der Waals surface area contributed by atoms with Crippen molar-refractivity contribution in [1.29, 1.82) is 0 Å². The van der Waals surface area contributed by atoms with Gasteiger partial charge in [0.15, 0.2) is 0 Å². The molecule has 0 aliphatic carbocycles. The van der Waals surface area contributed by atoms with Gasteiger partial charge in [-0.2, -0.15) is 0 Å². The normalized spacial score (nSPS) is 11.7. The SMILES string of the molecule is CC(C)(C)c1cc(C(=O)OCCO)cc(-n2nc3ccccc3n2)c1O. The molecule has 0 atom stereocenters. The van der Waals surface area contributed by atoms with Gasteiger partial charge in [-0.25, -0.2) is 4.79 Å². The van der Waals surface area contributed by atoms with Gasteiger partial charge in [0, 0.05) is 5.56 Å². The first-order valence-electron chi connectivity index (χ1n) is 8.29. The smallest absolute Gasteiger partial charge is 0.338 e. The molecule has 136 valence electrons. The van der Waals surface area contributed by atoms with E-state index in [-0.39, 0.29) is 24.5 Å². The second-order valence-corrected chi connectivity index (χ2v) is 6.98. The summed E-state index contributed by atoms with van der Waals surface area (Å²) in [5.74, 6) is -0.570. The highest BCUT2D eigenvalue weighted by Crippen LogP contribution is 2.36. The minimum atomic E-state index is -0.581. The molecule has 0 amide bonds. The van der Waals surface area contributed by atoms with Crippen molar-refractivity contribution in [3.63, 3.8) is 0 Å². The Labute approximate surface area is 150 Å². The molecule has 0 unspecified atom stereocenters. The molecule has 0 fully saturated rings. The molecule has 0 saturated heterocycles. The van der Waals surface area contributed by atoms with Crippen molar-refractivity contribution in [2.45, 2.75) is 26.2 Å². The number of hydrogen-bond acceptors (Lipinski definition) is 6. The predicted octanol–water partition coefficient (Wildman–Crippen LogP) is 2.57. The van der Waals surface area contributed by atoms with Crippen LogP contribution in [0.1, 0.15) is 36.7 Å². The predicted molar refractivity (Wildman–Crippen MR) is 96.6 cm³/mol. The molecule has 2 aromatic carbocycles. The molecule has 0 spiro atoms. The first-order valence-corrected chi connectivity index (χ1v) is 8.29. The fraction of sp³-hybridized carbons (Fsp3) is 0.316. The van der Waals surface area contributed by atoms with Gasteiger partial charge in [-0.15, -0.1) is 15.0 Å². The van der Waals surface area contributed by atoms with Crippen LogP contribution in [0, 0.1) is 0 Å². The number of rotatable bonds is 4. The number of aliphatic hydroxyl groups is 1. The number of hydrogen-bond donors (Lipinski definition) is 2. The Hall–Kier alpha value is -2.93. The van der Waals surface area contributed by atoms with E-state index >= 15 is 0 Å². The van der Waals surface area contributed by atoms with Crippen LogP contribution in [0.2, 0.25) is 0 Å². The van der Waals surface area contributed by atoms with E-state index in [1.165, 1.54) is 10.9 Å². The third-order valence-electron chi connectivity index (χ3n) is 3.96. The lowest BCUT2D eigenvalue weighted by molar-refractivity contribution is 0.0433. The molecule has 0 aliphatic heterocycles. The fourth-order valence-corrected chi connectivity index (χ4v) is 2.65. The van der Waals surface area contributed by atoms with Gasteiger partial charge in [-0.1, -0.05) is 32.9 Å². The average molecular weight is 355 g/mol. The van der Waals surface area contributed by atoms with E-state index in [9.17, 15) is 9.90 Å². The van der Waals surface area contributed by atoms with Gasteiger partial charge >= 0.3 is 5.97 Å². The Kier molecular flexibility index (Phi) is 4.65. The van der Waals surface area contributed by atoms with Gasteiger partial charge < -0.3 is 14.9 Å². The van der Waals surface area contributed by atoms with Crippen molar-refractivity contribution >= 4 is 17.0 Å². The molecule has 26 heavy (non-hydrogen) atoms. The van der Waals surface area contributed by atoms with Crippen LogP contribution in [-0.2, 0) is 10.2 Å². The molecule has 7 nitrogen and oxygen atoms in total. The molecule has 2 N–H and O–H groups in total. The minimum Gasteiger partial charge on any atom is -0.505 e. The molecule has 0 saturated carbocycles. The van der Waals surface area contributed by atoms with Crippen molar-refractivity contribution in [3.05, 3.63) is 47.5 Å². The Bertz CT molecular complexity index is 924. The van der Waals surface area contributed by atoms with Gasteiger partial charge in [-0.05, 0) is 29.7 Å². The fourth-order valence-electron chi connectivity index (χ4n) is 2.65. The highest BCUT2D eigenvalue weighted by atomic mass is 16.5. The molecule has 0 radical (unpaired) electrons. The Morgan fingerprint density at radius 3 is 2.31 bits per heavy atom. The quantitative estimate of drug-likeness (QED) is 0.698. The number of aromatic hydroxyl groups is 1. The number of ether oxygens (including phenoxy) is 1. The molecular weight excluding hydrogens is 334 g/mol. The summed E-state index contributed by atoms with van der Waals surface area (Å²) in [6.07, 6.45) is 0. The van der Waals surface area contributed by atoms with Gasteiger partial charge in [0.25, 0.3) is 0 Å². The van der Waals surface area contributed by atoms with Crippen molar-refractivity contribution in [2.75, 3.05) is 13.2 Å². The van der Waals surface area contributed by atoms with E-state index in [2.05, 4.69) is 10.2 Å². The largest absolute Gasteiger partial charge is 0.505 e. The monoisotopic (exact) mass is 355 g/mol. The van der Waals surface area contributed by atoms with Crippen LogP contribution in [0.3, 0.4) is 0 Å². The zero-order valence-corrected chi connectivity index (χ0v) is 14.9. The summed E-state index contributed by atoms with van der Waals surface area (Å²) in [4.78, 5) is 13.6. The Morgan fingerprint density at radius 1 is 1.15 bits per heavy atom. The zero-order valence-electron chi connectivity index (χ0n) is 14.9. The summed E-state index contributed by atoms with van der Waals surface area (Å²) in [5.41, 5.74) is 2.07. The number of phenolic OH excluding ortho intramolecular Hbond substituents is 1. The van der Waals surface area contributed by atoms with E-state index in [0.29, 0.717) is 22.3 Å². The number of phenols is 1. The number of carbonyl (C=O) groups is 1. The van der Waals surface area contributed by atoms with Gasteiger partial charge in [-0.3, -0.25) is 0 Å². The molecule has 1 heterocycles. The van der Waals surface area contributed by atoms with E-state index < -0.39 is 11.4 Å². The molecule has 0 bridgehead atoms. The van der Waals surface area contributed by atoms with E-state index in [1.807, 2.05) is 45.0 Å². The van der Waals surface area contributed by atoms with Crippen molar-refractivity contribution < 1.29 is 19.7 Å². The summed E-state index contributed by atoms with van der Waals surface area (Å²) in [7, 11) is 0. The maximum absolute atomic E-state index is 12.3. The maximum atomic E-state index is 12.3. The van der Waals surface area contributed by atoms with Gasteiger partial charge in [0.2, 0.25) is 0 Å². The maximum Gasteiger partial charge on any atom is 0.338 e. The van der Waals surface area contributed by atoms with Crippen LogP contribution < -0.4 is 0 Å². The summed E-state index contributed by atoms with van der Waals surface area (Å²) >= 11 is 0. The summed E-state index contributed by atoms with van der Waals surface area (Å²) in [6.45, 7) is 5.45. The highest BCUT2D eigenvalue weighted by molar-refractivity contribution is 5.91. The van der Waals surface area contributed by atoms with E-state index in [0.717, 1.165) is 0 Å². The molecule has 3 aromatic rings. The van der Waals surface area contributed by atoms with Crippen molar-refractivity contribution in [3.8, 4) is 11.4 Å². The average Bonchev–Trinajstić information content (AvgIpc) is 3.02. The highest BCUT2D eigenvalue weighted by Gasteiger charge is 2.25. The second kappa shape index (κ2) is 6.76. The molecular formula is C19H21N3O4. The summed E-state index contributed by atoms with van der Waals surface area (Å²) < 4.78 is 5.01. The van der Waals surface area contributed by atoms with Crippen LogP contribution >= 0.6 is 0 Å². The lowest BCUT2D eigenvalue weighted by atomic mass is 9.85. The first-order chi connectivity index (χ1) is 12.3. The number of aliphatic hydroxyl groups excluding tert-OH is 1. The first kappa shape index (κ1) is 17.9. The number of carbonyl (C=O) groups excluding carboxylic acids is 1. The van der Waals surface area contributed by atoms with Crippen LogP contribution in [0.25, 0.3) is 16.7 Å². The molecule has 7 heteroatoms. The number of benzene rings is 2. The topological polar surface area (TPSA) is 97.5 Å². The lowest BCUT2D eigenvalue weighted by Gasteiger charge is -2.22. The standard InChI is InChI=1S/C19H21N3O4/c1-19(2,3)13-10-12(18(25)26-9-8-23)11-16(17(13)24)22-20-14-6-4-5-7-15(14)21-22/h4-7,10-11,23-24H,8-9H2,1-3H3. The number of fused-ring (bicyclic) bond motifs is 1. The number of nitrogens with zero attached hydrogens (tertiary/aromatic N) is 3. The van der Waals surface area contributed by atoms with Crippen LogP contribution in [0.15, 0.2) is 36.4 Å². The zero-order chi connectivity index (χ0) is 18.9. The molecule has 0 aliphatic rings. The minimum absolute atomic E-state index is 0.0107. The number of esters is 1. The van der Waals surface area contributed by atoms with Crippen LogP contribution in [0.4, 0.5) is 0 Å². The van der Waals surface area contributed by atoms with Crippen LogP contribution in [-0.4, -0.2) is 44.4 Å². The Balaban J connectivity index is 2.18. The summed E-state index contributed by atoms with van der Waals surface area (Å²) in [6, 6.07) is 10.4. The Morgan fingerprint density at radius 2 is 1.77 bits per heavy atom. The second-order valence-electron chi connectivity index (χ2n) is 6.98. The van der Waals surface area contributed by atoms with Gasteiger partial charge in [0.1, 0.15) is 29.1 Å². The third kappa shape index (κ3) is 3.39. The van der Waals surface area contributed by atoms with E-state index in [1.54, 1.807) is 6.07 Å². The molecule has 1 aromatic heterocycles. The summed E-state index contributed by atoms with van der Waals surface area (Å²) in [5, 5.41) is 28.4. The van der Waals surface area contributed by atoms with Crippen LogP contribution in [0.5, 0.6) is 5.75 Å². The van der Waals surface area contributed by atoms with E-state index in [4.69, 9.17) is 9.84 Å². The molecule has 3 rings (SSSR count). The lowest BCUT2D eigenvalue weighted by Crippen LogP contribution is -2.16. The van der Waals surface area contributed by atoms with Crippen molar-refractivity contribution in [1.82, 2.24) is 15.0 Å².